The Morgan fingerprint density at radius 3 is 2.74 bits per heavy atom. The molecular weight excluding hydrogens is 244 g/mol. The smallest absolute Gasteiger partial charge is 0.317 e. The Morgan fingerprint density at radius 1 is 1.47 bits per heavy atom. The molecule has 0 aliphatic carbocycles. The molecule has 0 aromatic carbocycles. The highest BCUT2D eigenvalue weighted by molar-refractivity contribution is 5.77. The normalized spacial score (nSPS) is 16.2. The molecule has 0 unspecified atom stereocenters. The quantitative estimate of drug-likeness (QED) is 0.498. The van der Waals surface area contributed by atoms with E-state index in [0.717, 1.165) is 19.3 Å². The van der Waals surface area contributed by atoms with E-state index in [-0.39, 0.29) is 24.1 Å². The van der Waals surface area contributed by atoms with E-state index < -0.39 is 0 Å². The Morgan fingerprint density at radius 2 is 2.16 bits per heavy atom. The molecule has 0 aromatic rings. The van der Waals surface area contributed by atoms with E-state index in [1.807, 2.05) is 13.0 Å². The number of rotatable bonds is 6. The monoisotopic (exact) mass is 268 g/mol. The number of unbranched alkanes of at least 4 members (excludes halogenated alkanes) is 1. The van der Waals surface area contributed by atoms with Gasteiger partial charge in [-0.2, -0.15) is 0 Å². The lowest BCUT2D eigenvalue weighted by molar-refractivity contribution is 0.136. The number of urea groups is 2. The lowest BCUT2D eigenvalue weighted by atomic mass is 10.1. The number of carbonyl (C=O) groups is 2. The average Bonchev–Trinajstić information content (AvgIpc) is 2.32. The molecule has 108 valence electrons. The molecule has 3 N–H and O–H groups in total. The summed E-state index contributed by atoms with van der Waals surface area (Å²) in [5.74, 6) is 0. The Hall–Kier alpha value is -1.72. The minimum atomic E-state index is -0.206. The predicted octanol–water partition coefficient (Wildman–Crippen LogP) is 1.05. The number of likely N-dealkylation sites (tertiary alicyclic amines) is 1. The molecule has 0 saturated carbocycles. The highest BCUT2D eigenvalue weighted by Gasteiger charge is 2.31. The van der Waals surface area contributed by atoms with Crippen molar-refractivity contribution in [3.8, 4) is 0 Å². The Bertz CT molecular complexity index is 327. The molecule has 4 amide bonds. The van der Waals surface area contributed by atoms with E-state index in [1.54, 1.807) is 11.9 Å². The third-order valence-corrected chi connectivity index (χ3v) is 3.15. The number of nitrogens with zero attached hydrogens (tertiary/aromatic N) is 1. The third-order valence-electron chi connectivity index (χ3n) is 3.15. The average molecular weight is 268 g/mol. The fraction of sp³-hybridized carbons (Fsp3) is 0.692. The molecular formula is C13H24N4O2. The molecule has 1 heterocycles. The van der Waals surface area contributed by atoms with E-state index in [9.17, 15) is 9.59 Å². The largest absolute Gasteiger partial charge is 0.341 e. The van der Waals surface area contributed by atoms with Crippen LogP contribution in [-0.4, -0.2) is 49.2 Å². The maximum atomic E-state index is 11.8. The van der Waals surface area contributed by atoms with Crippen molar-refractivity contribution in [3.63, 3.8) is 0 Å². The zero-order valence-electron chi connectivity index (χ0n) is 11.7. The Kier molecular flexibility index (Phi) is 6.18. The molecule has 0 spiro atoms. The molecule has 19 heavy (non-hydrogen) atoms. The summed E-state index contributed by atoms with van der Waals surface area (Å²) in [6, 6.07) is -0.0379. The van der Waals surface area contributed by atoms with Crippen LogP contribution in [-0.2, 0) is 0 Å². The predicted molar refractivity (Wildman–Crippen MR) is 75.0 cm³/mol. The number of amides is 4. The highest BCUT2D eigenvalue weighted by atomic mass is 16.2. The first-order chi connectivity index (χ1) is 9.06. The van der Waals surface area contributed by atoms with Crippen LogP contribution in [0, 0.1) is 0 Å². The molecule has 1 rings (SSSR count). The summed E-state index contributed by atoms with van der Waals surface area (Å²) in [5, 5.41) is 8.21. The zero-order chi connectivity index (χ0) is 14.3. The van der Waals surface area contributed by atoms with Gasteiger partial charge in [0.25, 0.3) is 0 Å². The molecule has 1 atom stereocenters. The van der Waals surface area contributed by atoms with Crippen molar-refractivity contribution in [2.45, 2.75) is 38.3 Å². The van der Waals surface area contributed by atoms with Crippen LogP contribution >= 0.6 is 0 Å². The van der Waals surface area contributed by atoms with Crippen LogP contribution in [0.5, 0.6) is 0 Å². The van der Waals surface area contributed by atoms with Crippen molar-refractivity contribution in [1.29, 1.82) is 0 Å². The van der Waals surface area contributed by atoms with Gasteiger partial charge in [-0.05, 0) is 26.2 Å². The standard InChI is InChI=1S/C13H24N4O2/c1-4-5-6-7-10(2)15-13(19)17-8-11(9-17)16-12(18)14-3/h4,10-11H,1,5-9H2,2-3H3,(H,15,19)(H2,14,16,18)/t10-/m1/s1. The summed E-state index contributed by atoms with van der Waals surface area (Å²) < 4.78 is 0. The fourth-order valence-electron chi connectivity index (χ4n) is 1.94. The fourth-order valence-corrected chi connectivity index (χ4v) is 1.94. The van der Waals surface area contributed by atoms with Crippen molar-refractivity contribution in [3.05, 3.63) is 12.7 Å². The van der Waals surface area contributed by atoms with Crippen LogP contribution in [0.2, 0.25) is 0 Å². The Labute approximate surface area is 114 Å². The van der Waals surface area contributed by atoms with Crippen LogP contribution in [0.25, 0.3) is 0 Å². The molecule has 0 radical (unpaired) electrons. The maximum Gasteiger partial charge on any atom is 0.317 e. The number of allylic oxidation sites excluding steroid dienone is 1. The number of hydrogen-bond donors (Lipinski definition) is 3. The summed E-state index contributed by atoms with van der Waals surface area (Å²) in [6.45, 7) is 6.81. The van der Waals surface area contributed by atoms with E-state index in [2.05, 4.69) is 22.5 Å². The van der Waals surface area contributed by atoms with Crippen molar-refractivity contribution in [1.82, 2.24) is 20.9 Å². The van der Waals surface area contributed by atoms with Crippen molar-refractivity contribution < 1.29 is 9.59 Å². The SMILES string of the molecule is C=CCCC[C@@H](C)NC(=O)N1CC(NC(=O)NC)C1. The summed E-state index contributed by atoms with van der Waals surface area (Å²) in [7, 11) is 1.57. The molecule has 1 saturated heterocycles. The van der Waals surface area contributed by atoms with Gasteiger partial charge < -0.3 is 20.9 Å². The second kappa shape index (κ2) is 7.66. The lowest BCUT2D eigenvalue weighted by Gasteiger charge is -2.39. The topological polar surface area (TPSA) is 73.5 Å². The van der Waals surface area contributed by atoms with Crippen LogP contribution in [0.15, 0.2) is 12.7 Å². The van der Waals surface area contributed by atoms with E-state index in [0.29, 0.717) is 13.1 Å². The first-order valence-electron chi connectivity index (χ1n) is 6.71. The first kappa shape index (κ1) is 15.3. The highest BCUT2D eigenvalue weighted by Crippen LogP contribution is 2.09. The van der Waals surface area contributed by atoms with Crippen LogP contribution < -0.4 is 16.0 Å². The van der Waals surface area contributed by atoms with Crippen LogP contribution in [0.3, 0.4) is 0 Å². The van der Waals surface area contributed by atoms with Gasteiger partial charge in [-0.15, -0.1) is 6.58 Å². The maximum absolute atomic E-state index is 11.8. The lowest BCUT2D eigenvalue weighted by Crippen LogP contribution is -2.64. The molecule has 6 nitrogen and oxygen atoms in total. The van der Waals surface area contributed by atoms with Gasteiger partial charge >= 0.3 is 12.1 Å². The number of hydrogen-bond acceptors (Lipinski definition) is 2. The zero-order valence-corrected chi connectivity index (χ0v) is 11.7. The van der Waals surface area contributed by atoms with E-state index >= 15 is 0 Å². The van der Waals surface area contributed by atoms with Gasteiger partial charge in [0.15, 0.2) is 0 Å². The van der Waals surface area contributed by atoms with Gasteiger partial charge in [-0.25, -0.2) is 9.59 Å². The van der Waals surface area contributed by atoms with Gasteiger partial charge in [0.1, 0.15) is 0 Å². The summed E-state index contributed by atoms with van der Waals surface area (Å²) in [5.41, 5.74) is 0. The first-order valence-corrected chi connectivity index (χ1v) is 6.71. The summed E-state index contributed by atoms with van der Waals surface area (Å²) in [6.07, 6.45) is 4.85. The second-order valence-corrected chi connectivity index (χ2v) is 4.90. The van der Waals surface area contributed by atoms with E-state index in [1.165, 1.54) is 0 Å². The van der Waals surface area contributed by atoms with E-state index in [4.69, 9.17) is 0 Å². The summed E-state index contributed by atoms with van der Waals surface area (Å²) in [4.78, 5) is 24.6. The number of nitrogens with one attached hydrogen (secondary N) is 3. The third kappa shape index (κ3) is 5.19. The number of carbonyl (C=O) groups excluding carboxylic acids is 2. The Balaban J connectivity index is 2.15. The van der Waals surface area contributed by atoms with Gasteiger partial charge in [0, 0.05) is 26.2 Å². The van der Waals surface area contributed by atoms with Gasteiger partial charge in [0.05, 0.1) is 6.04 Å². The molecule has 1 aliphatic heterocycles. The van der Waals surface area contributed by atoms with Crippen molar-refractivity contribution >= 4 is 12.1 Å². The van der Waals surface area contributed by atoms with Gasteiger partial charge in [-0.3, -0.25) is 0 Å². The van der Waals surface area contributed by atoms with Gasteiger partial charge in [0.2, 0.25) is 0 Å². The van der Waals surface area contributed by atoms with Crippen LogP contribution in [0.4, 0.5) is 9.59 Å². The summed E-state index contributed by atoms with van der Waals surface area (Å²) >= 11 is 0. The van der Waals surface area contributed by atoms with Crippen LogP contribution in [0.1, 0.15) is 26.2 Å². The molecule has 0 aromatic heterocycles. The van der Waals surface area contributed by atoms with Crippen molar-refractivity contribution in [2.24, 2.45) is 0 Å². The van der Waals surface area contributed by atoms with Gasteiger partial charge in [-0.1, -0.05) is 6.08 Å². The molecule has 6 heteroatoms. The minimum absolute atomic E-state index is 0.0546. The molecule has 1 aliphatic rings. The minimum Gasteiger partial charge on any atom is -0.341 e. The molecule has 1 fully saturated rings. The van der Waals surface area contributed by atoms with Crippen molar-refractivity contribution in [2.75, 3.05) is 20.1 Å². The molecule has 0 bridgehead atoms. The second-order valence-electron chi connectivity index (χ2n) is 4.90.